The second kappa shape index (κ2) is 4.98. The molecule has 1 aromatic carbocycles. The largest absolute Gasteiger partial charge is 0.497 e. The Kier molecular flexibility index (Phi) is 3.57. The van der Waals surface area contributed by atoms with Crippen molar-refractivity contribution in [3.63, 3.8) is 0 Å². The van der Waals surface area contributed by atoms with Gasteiger partial charge in [-0.2, -0.15) is 0 Å². The van der Waals surface area contributed by atoms with E-state index < -0.39 is 0 Å². The van der Waals surface area contributed by atoms with Gasteiger partial charge in [-0.25, -0.2) is 0 Å². The summed E-state index contributed by atoms with van der Waals surface area (Å²) in [6.07, 6.45) is 0. The monoisotopic (exact) mass is 249 g/mol. The molecule has 2 rings (SSSR count). The van der Waals surface area contributed by atoms with Gasteiger partial charge in [-0.15, -0.1) is 0 Å². The average molecular weight is 249 g/mol. The number of rotatable bonds is 3. The lowest BCUT2D eigenvalue weighted by atomic mass is 9.88. The Morgan fingerprint density at radius 1 is 1.50 bits per heavy atom. The number of carbonyl (C=O) groups excluding carboxylic acids is 1. The maximum absolute atomic E-state index is 12.1. The van der Waals surface area contributed by atoms with Gasteiger partial charge >= 0.3 is 0 Å². The van der Waals surface area contributed by atoms with E-state index in [2.05, 4.69) is 19.2 Å². The maximum Gasteiger partial charge on any atom is 0.251 e. The van der Waals surface area contributed by atoms with Gasteiger partial charge in [0.15, 0.2) is 0 Å². The van der Waals surface area contributed by atoms with E-state index in [1.807, 2.05) is 12.1 Å². The molecule has 0 saturated carbocycles. The molecule has 1 atom stereocenters. The summed E-state index contributed by atoms with van der Waals surface area (Å²) in [7, 11) is 1.59. The molecule has 0 radical (unpaired) electrons. The molecule has 1 aliphatic rings. The summed E-state index contributed by atoms with van der Waals surface area (Å²) in [5.74, 6) is 0.599. The van der Waals surface area contributed by atoms with Crippen molar-refractivity contribution < 1.29 is 14.3 Å². The van der Waals surface area contributed by atoms with E-state index in [4.69, 9.17) is 9.47 Å². The Balaban J connectivity index is 2.07. The maximum atomic E-state index is 12.1. The lowest BCUT2D eigenvalue weighted by Gasteiger charge is -2.25. The van der Waals surface area contributed by atoms with Crippen LogP contribution in [-0.2, 0) is 4.74 Å². The van der Waals surface area contributed by atoms with Crippen LogP contribution in [-0.4, -0.2) is 32.3 Å². The Morgan fingerprint density at radius 2 is 2.28 bits per heavy atom. The van der Waals surface area contributed by atoms with E-state index in [-0.39, 0.29) is 17.4 Å². The Morgan fingerprint density at radius 3 is 2.89 bits per heavy atom. The number of ether oxygens (including phenoxy) is 2. The predicted molar refractivity (Wildman–Crippen MR) is 68.8 cm³/mol. The van der Waals surface area contributed by atoms with Crippen molar-refractivity contribution >= 4 is 5.91 Å². The predicted octanol–water partition coefficient (Wildman–Crippen LogP) is 1.85. The second-order valence-electron chi connectivity index (χ2n) is 5.26. The lowest BCUT2D eigenvalue weighted by Crippen LogP contribution is -2.44. The molecule has 0 aliphatic carbocycles. The third-order valence-corrected chi connectivity index (χ3v) is 3.34. The quantitative estimate of drug-likeness (QED) is 0.889. The molecule has 0 unspecified atom stereocenters. The summed E-state index contributed by atoms with van der Waals surface area (Å²) < 4.78 is 10.5. The minimum Gasteiger partial charge on any atom is -0.497 e. The minimum atomic E-state index is -0.0857. The number of nitrogens with one attached hydrogen (secondary N) is 1. The lowest BCUT2D eigenvalue weighted by molar-refractivity contribution is 0.0915. The van der Waals surface area contributed by atoms with Gasteiger partial charge < -0.3 is 14.8 Å². The van der Waals surface area contributed by atoms with Crippen molar-refractivity contribution in [1.82, 2.24) is 5.32 Å². The first-order valence-corrected chi connectivity index (χ1v) is 6.05. The standard InChI is InChI=1S/C14H19NO3/c1-14(2)9-18-8-12(14)15-13(16)10-5-4-6-11(7-10)17-3/h4-7,12H,8-9H2,1-3H3,(H,15,16)/t12-/m1/s1. The van der Waals surface area contributed by atoms with E-state index in [1.54, 1.807) is 19.2 Å². The molecular weight excluding hydrogens is 230 g/mol. The Labute approximate surface area is 107 Å². The zero-order valence-corrected chi connectivity index (χ0v) is 11.0. The smallest absolute Gasteiger partial charge is 0.251 e. The number of methoxy groups -OCH3 is 1. The van der Waals surface area contributed by atoms with Gasteiger partial charge in [-0.05, 0) is 18.2 Å². The molecule has 4 nitrogen and oxygen atoms in total. The molecule has 1 N–H and O–H groups in total. The number of carbonyl (C=O) groups is 1. The molecule has 4 heteroatoms. The van der Waals surface area contributed by atoms with E-state index >= 15 is 0 Å². The second-order valence-corrected chi connectivity index (χ2v) is 5.26. The molecule has 98 valence electrons. The third kappa shape index (κ3) is 2.64. The van der Waals surface area contributed by atoms with Crippen molar-refractivity contribution in [3.8, 4) is 5.75 Å². The molecule has 1 fully saturated rings. The summed E-state index contributed by atoms with van der Waals surface area (Å²) in [4.78, 5) is 12.1. The molecule has 1 saturated heterocycles. The van der Waals surface area contributed by atoms with Gasteiger partial charge in [0.25, 0.3) is 5.91 Å². The highest BCUT2D eigenvalue weighted by molar-refractivity contribution is 5.94. The van der Waals surface area contributed by atoms with Crippen LogP contribution in [0.2, 0.25) is 0 Å². The number of hydrogen-bond acceptors (Lipinski definition) is 3. The highest BCUT2D eigenvalue weighted by atomic mass is 16.5. The summed E-state index contributed by atoms with van der Waals surface area (Å²) in [5.41, 5.74) is 0.589. The van der Waals surface area contributed by atoms with Crippen LogP contribution in [0.5, 0.6) is 5.75 Å². The number of hydrogen-bond donors (Lipinski definition) is 1. The SMILES string of the molecule is COc1cccc(C(=O)N[C@@H]2COCC2(C)C)c1. The van der Waals surface area contributed by atoms with Crippen molar-refractivity contribution in [2.75, 3.05) is 20.3 Å². The van der Waals surface area contributed by atoms with Crippen molar-refractivity contribution in [2.45, 2.75) is 19.9 Å². The first kappa shape index (κ1) is 12.9. The molecule has 1 aliphatic heterocycles. The van der Waals surface area contributed by atoms with Gasteiger partial charge in [0.1, 0.15) is 5.75 Å². The molecule has 0 bridgehead atoms. The Hall–Kier alpha value is -1.55. The molecule has 1 aromatic rings. The third-order valence-electron chi connectivity index (χ3n) is 3.34. The summed E-state index contributed by atoms with van der Waals surface area (Å²) in [6.45, 7) is 5.44. The minimum absolute atomic E-state index is 0.0193. The van der Waals surface area contributed by atoms with E-state index in [1.165, 1.54) is 0 Å². The normalized spacial score (nSPS) is 21.6. The fourth-order valence-corrected chi connectivity index (χ4v) is 2.01. The first-order chi connectivity index (χ1) is 8.53. The van der Waals surface area contributed by atoms with Crippen LogP contribution in [0.15, 0.2) is 24.3 Å². The van der Waals surface area contributed by atoms with Gasteiger partial charge in [-0.3, -0.25) is 4.79 Å². The van der Waals surface area contributed by atoms with Crippen LogP contribution in [0.4, 0.5) is 0 Å². The molecule has 1 amide bonds. The highest BCUT2D eigenvalue weighted by Gasteiger charge is 2.36. The average Bonchev–Trinajstić information content (AvgIpc) is 2.69. The zero-order chi connectivity index (χ0) is 13.2. The van der Waals surface area contributed by atoms with Gasteiger partial charge in [0, 0.05) is 11.0 Å². The summed E-state index contributed by atoms with van der Waals surface area (Å²) >= 11 is 0. The van der Waals surface area contributed by atoms with Gasteiger partial charge in [0.05, 0.1) is 26.4 Å². The molecular formula is C14H19NO3. The molecule has 1 heterocycles. The van der Waals surface area contributed by atoms with Crippen LogP contribution in [0.3, 0.4) is 0 Å². The van der Waals surface area contributed by atoms with Crippen molar-refractivity contribution in [1.29, 1.82) is 0 Å². The number of amides is 1. The van der Waals surface area contributed by atoms with E-state index in [9.17, 15) is 4.79 Å². The first-order valence-electron chi connectivity index (χ1n) is 6.05. The van der Waals surface area contributed by atoms with Crippen LogP contribution in [0, 0.1) is 5.41 Å². The van der Waals surface area contributed by atoms with E-state index in [0.717, 1.165) is 0 Å². The van der Waals surface area contributed by atoms with Gasteiger partial charge in [0.2, 0.25) is 0 Å². The van der Waals surface area contributed by atoms with Gasteiger partial charge in [-0.1, -0.05) is 19.9 Å². The molecule has 18 heavy (non-hydrogen) atoms. The summed E-state index contributed by atoms with van der Waals surface area (Å²) in [5, 5.41) is 3.02. The van der Waals surface area contributed by atoms with Crippen molar-refractivity contribution in [2.24, 2.45) is 5.41 Å². The topological polar surface area (TPSA) is 47.6 Å². The van der Waals surface area contributed by atoms with Crippen LogP contribution in [0.25, 0.3) is 0 Å². The zero-order valence-electron chi connectivity index (χ0n) is 11.0. The van der Waals surface area contributed by atoms with Crippen molar-refractivity contribution in [3.05, 3.63) is 29.8 Å². The summed E-state index contributed by atoms with van der Waals surface area (Å²) in [6, 6.07) is 7.19. The van der Waals surface area contributed by atoms with Crippen LogP contribution >= 0.6 is 0 Å². The number of benzene rings is 1. The Bertz CT molecular complexity index is 442. The molecule has 0 aromatic heterocycles. The van der Waals surface area contributed by atoms with Crippen LogP contribution < -0.4 is 10.1 Å². The molecule has 0 spiro atoms. The fraction of sp³-hybridized carbons (Fsp3) is 0.500. The fourth-order valence-electron chi connectivity index (χ4n) is 2.01. The highest BCUT2D eigenvalue weighted by Crippen LogP contribution is 2.27. The van der Waals surface area contributed by atoms with E-state index in [0.29, 0.717) is 24.5 Å². The van der Waals surface area contributed by atoms with Crippen LogP contribution in [0.1, 0.15) is 24.2 Å².